The van der Waals surface area contributed by atoms with Gasteiger partial charge in [0.1, 0.15) is 5.65 Å². The van der Waals surface area contributed by atoms with Gasteiger partial charge in [-0.05, 0) is 68.1 Å². The first-order valence-electron chi connectivity index (χ1n) is 10.6. The molecule has 1 aliphatic rings. The van der Waals surface area contributed by atoms with Gasteiger partial charge < -0.3 is 14.8 Å². The Morgan fingerprint density at radius 2 is 1.93 bits per heavy atom. The van der Waals surface area contributed by atoms with Crippen LogP contribution < -0.4 is 5.32 Å². The van der Waals surface area contributed by atoms with Gasteiger partial charge in [-0.25, -0.2) is 4.98 Å². The van der Waals surface area contributed by atoms with Gasteiger partial charge in [-0.3, -0.25) is 4.79 Å². The molecule has 1 N–H and O–H groups in total. The van der Waals surface area contributed by atoms with E-state index in [-0.39, 0.29) is 11.8 Å². The number of rotatable bonds is 6. The molecule has 0 atom stereocenters. The number of aryl methyl sites for hydroxylation is 2. The molecule has 0 bridgehead atoms. The van der Waals surface area contributed by atoms with Crippen molar-refractivity contribution >= 4 is 16.9 Å². The van der Waals surface area contributed by atoms with Crippen LogP contribution in [0.3, 0.4) is 0 Å². The summed E-state index contributed by atoms with van der Waals surface area (Å²) in [5, 5.41) is 4.39. The molecule has 1 amide bonds. The van der Waals surface area contributed by atoms with Crippen LogP contribution in [-0.4, -0.2) is 40.0 Å². The van der Waals surface area contributed by atoms with E-state index in [9.17, 15) is 4.79 Å². The maximum atomic E-state index is 12.6. The number of carbonyl (C=O) groups is 1. The quantitative estimate of drug-likeness (QED) is 0.701. The summed E-state index contributed by atoms with van der Waals surface area (Å²) in [6.45, 7) is 5.73. The Labute approximate surface area is 172 Å². The Morgan fingerprint density at radius 3 is 2.72 bits per heavy atom. The van der Waals surface area contributed by atoms with E-state index in [0.717, 1.165) is 44.5 Å². The van der Waals surface area contributed by atoms with E-state index in [1.165, 1.54) is 22.1 Å². The van der Waals surface area contributed by atoms with Gasteiger partial charge in [-0.1, -0.05) is 24.3 Å². The van der Waals surface area contributed by atoms with Crippen LogP contribution in [-0.2, 0) is 24.8 Å². The van der Waals surface area contributed by atoms with Gasteiger partial charge in [-0.15, -0.1) is 0 Å². The van der Waals surface area contributed by atoms with Crippen LogP contribution in [0.2, 0.25) is 0 Å². The maximum absolute atomic E-state index is 12.6. The number of likely N-dealkylation sites (tertiary alicyclic amines) is 1. The predicted molar refractivity (Wildman–Crippen MR) is 117 cm³/mol. The third-order valence-corrected chi connectivity index (χ3v) is 6.19. The highest BCUT2D eigenvalue weighted by Gasteiger charge is 2.24. The molecule has 1 aliphatic heterocycles. The summed E-state index contributed by atoms with van der Waals surface area (Å²) in [6.07, 6.45) is 6.95. The van der Waals surface area contributed by atoms with Gasteiger partial charge in [0.2, 0.25) is 5.91 Å². The molecular formula is C24H30N4O. The van der Waals surface area contributed by atoms with Gasteiger partial charge >= 0.3 is 0 Å². The Balaban J connectivity index is 1.25. The number of nitrogens with zero attached hydrogens (tertiary/aromatic N) is 3. The number of hydrogen-bond acceptors (Lipinski definition) is 3. The molecule has 1 saturated heterocycles. The zero-order valence-electron chi connectivity index (χ0n) is 17.4. The number of amides is 1. The molecular weight excluding hydrogens is 360 g/mol. The lowest BCUT2D eigenvalue weighted by Crippen LogP contribution is -2.41. The minimum atomic E-state index is 0.136. The number of nitrogens with one attached hydrogen (secondary N) is 1. The Bertz CT molecular complexity index is 985. The van der Waals surface area contributed by atoms with Crippen LogP contribution in [0.1, 0.15) is 29.5 Å². The second-order valence-corrected chi connectivity index (χ2v) is 8.15. The van der Waals surface area contributed by atoms with E-state index < -0.39 is 0 Å². The van der Waals surface area contributed by atoms with Crippen molar-refractivity contribution in [2.75, 3.05) is 19.6 Å². The summed E-state index contributed by atoms with van der Waals surface area (Å²) in [5.74, 6) is 0.338. The van der Waals surface area contributed by atoms with Crippen LogP contribution in [0.25, 0.3) is 11.0 Å². The molecule has 0 aliphatic carbocycles. The maximum Gasteiger partial charge on any atom is 0.223 e. The highest BCUT2D eigenvalue weighted by atomic mass is 16.1. The minimum Gasteiger partial charge on any atom is -0.352 e. The second kappa shape index (κ2) is 8.78. The molecule has 5 heteroatoms. The number of piperidine rings is 1. The average Bonchev–Trinajstić information content (AvgIpc) is 3.08. The average molecular weight is 391 g/mol. The topological polar surface area (TPSA) is 50.2 Å². The first-order valence-corrected chi connectivity index (χ1v) is 10.6. The number of pyridine rings is 1. The summed E-state index contributed by atoms with van der Waals surface area (Å²) < 4.78 is 2.11. The lowest BCUT2D eigenvalue weighted by Gasteiger charge is -2.31. The zero-order chi connectivity index (χ0) is 20.2. The fraction of sp³-hybridized carbons (Fsp3) is 0.417. The fourth-order valence-electron chi connectivity index (χ4n) is 4.32. The molecule has 3 heterocycles. The van der Waals surface area contributed by atoms with Crippen molar-refractivity contribution in [3.05, 3.63) is 65.5 Å². The molecule has 152 valence electrons. The number of hydrogen-bond donors (Lipinski definition) is 1. The Hall–Kier alpha value is -2.66. The van der Waals surface area contributed by atoms with Crippen molar-refractivity contribution in [3.8, 4) is 0 Å². The lowest BCUT2D eigenvalue weighted by atomic mass is 9.95. The lowest BCUT2D eigenvalue weighted by molar-refractivity contribution is -0.126. The SMILES string of the molecule is Cc1ccccc1CNC(=O)C1CCN(CCc2cn(C)c3ncccc23)CC1. The summed E-state index contributed by atoms with van der Waals surface area (Å²) in [7, 11) is 2.06. The third-order valence-electron chi connectivity index (χ3n) is 6.19. The van der Waals surface area contributed by atoms with Gasteiger partial charge in [0, 0.05) is 43.8 Å². The van der Waals surface area contributed by atoms with Crippen LogP contribution in [0.5, 0.6) is 0 Å². The molecule has 0 saturated carbocycles. The van der Waals surface area contributed by atoms with Gasteiger partial charge in [0.15, 0.2) is 0 Å². The monoisotopic (exact) mass is 390 g/mol. The van der Waals surface area contributed by atoms with Crippen molar-refractivity contribution in [1.82, 2.24) is 19.8 Å². The van der Waals surface area contributed by atoms with E-state index in [1.807, 2.05) is 24.4 Å². The largest absolute Gasteiger partial charge is 0.352 e. The van der Waals surface area contributed by atoms with Crippen LogP contribution in [0.4, 0.5) is 0 Å². The van der Waals surface area contributed by atoms with Crippen molar-refractivity contribution in [3.63, 3.8) is 0 Å². The molecule has 4 rings (SSSR count). The second-order valence-electron chi connectivity index (χ2n) is 8.15. The van der Waals surface area contributed by atoms with Crippen LogP contribution >= 0.6 is 0 Å². The molecule has 2 aromatic heterocycles. The van der Waals surface area contributed by atoms with Crippen LogP contribution in [0, 0.1) is 12.8 Å². The van der Waals surface area contributed by atoms with E-state index in [2.05, 4.69) is 58.1 Å². The molecule has 1 fully saturated rings. The Kier molecular flexibility index (Phi) is 5.95. The summed E-state index contributed by atoms with van der Waals surface area (Å²) in [4.78, 5) is 19.5. The standard InChI is InChI=1S/C24H30N4O/c1-18-6-3-4-7-20(18)16-26-24(29)19-9-13-28(14-10-19)15-11-21-17-27(2)23-22(21)8-5-12-25-23/h3-8,12,17,19H,9-11,13-16H2,1-2H3,(H,26,29). The molecule has 5 nitrogen and oxygen atoms in total. The van der Waals surface area contributed by atoms with Crippen molar-refractivity contribution < 1.29 is 4.79 Å². The summed E-state index contributed by atoms with van der Waals surface area (Å²) in [5.41, 5.74) is 4.83. The number of carbonyl (C=O) groups excluding carboxylic acids is 1. The first-order chi connectivity index (χ1) is 14.1. The van der Waals surface area contributed by atoms with Crippen LogP contribution in [0.15, 0.2) is 48.8 Å². The predicted octanol–water partition coefficient (Wildman–Crippen LogP) is 3.45. The summed E-state index contributed by atoms with van der Waals surface area (Å²) in [6, 6.07) is 12.4. The molecule has 3 aromatic rings. The van der Waals surface area contributed by atoms with Gasteiger partial charge in [0.05, 0.1) is 0 Å². The van der Waals surface area contributed by atoms with E-state index in [4.69, 9.17) is 0 Å². The first kappa shape index (κ1) is 19.6. The van der Waals surface area contributed by atoms with Gasteiger partial charge in [0.25, 0.3) is 0 Å². The molecule has 0 spiro atoms. The Morgan fingerprint density at radius 1 is 1.14 bits per heavy atom. The minimum absolute atomic E-state index is 0.136. The van der Waals surface area contributed by atoms with Crippen molar-refractivity contribution in [2.24, 2.45) is 13.0 Å². The molecule has 1 aromatic carbocycles. The van der Waals surface area contributed by atoms with E-state index in [0.29, 0.717) is 6.54 Å². The summed E-state index contributed by atoms with van der Waals surface area (Å²) >= 11 is 0. The number of aromatic nitrogens is 2. The molecule has 0 unspecified atom stereocenters. The fourth-order valence-corrected chi connectivity index (χ4v) is 4.32. The number of benzene rings is 1. The highest BCUT2D eigenvalue weighted by Crippen LogP contribution is 2.21. The highest BCUT2D eigenvalue weighted by molar-refractivity contribution is 5.80. The van der Waals surface area contributed by atoms with E-state index >= 15 is 0 Å². The number of fused-ring (bicyclic) bond motifs is 1. The van der Waals surface area contributed by atoms with Crippen molar-refractivity contribution in [1.29, 1.82) is 0 Å². The van der Waals surface area contributed by atoms with Gasteiger partial charge in [-0.2, -0.15) is 0 Å². The third kappa shape index (κ3) is 4.51. The van der Waals surface area contributed by atoms with E-state index in [1.54, 1.807) is 0 Å². The zero-order valence-corrected chi connectivity index (χ0v) is 17.4. The smallest absolute Gasteiger partial charge is 0.223 e. The molecule has 29 heavy (non-hydrogen) atoms. The van der Waals surface area contributed by atoms with Crippen molar-refractivity contribution in [2.45, 2.75) is 32.7 Å². The molecule has 0 radical (unpaired) electrons. The normalized spacial score (nSPS) is 15.7.